The van der Waals surface area contributed by atoms with Crippen LogP contribution in [-0.4, -0.2) is 10.2 Å². The molecule has 2 N–H and O–H groups in total. The van der Waals surface area contributed by atoms with Crippen LogP contribution in [0.5, 0.6) is 11.6 Å². The number of aromatic nitrogens is 2. The van der Waals surface area contributed by atoms with Gasteiger partial charge in [0.1, 0.15) is 0 Å². The lowest BCUT2D eigenvalue weighted by Gasteiger charge is -2.08. The molecule has 1 heterocycles. The largest absolute Gasteiger partial charge is 0.434 e. The molecule has 17 heavy (non-hydrogen) atoms. The summed E-state index contributed by atoms with van der Waals surface area (Å²) in [6.07, 6.45) is 1.52. The Bertz CT molecular complexity index is 531. The molecular formula is C12H12FN3O. The van der Waals surface area contributed by atoms with E-state index >= 15 is 0 Å². The minimum atomic E-state index is -0.441. The molecular weight excluding hydrogens is 221 g/mol. The summed E-state index contributed by atoms with van der Waals surface area (Å²) in [6.45, 7) is 2.12. The van der Waals surface area contributed by atoms with E-state index in [0.717, 1.165) is 5.56 Å². The predicted octanol–water partition coefficient (Wildman–Crippen LogP) is 2.18. The van der Waals surface area contributed by atoms with Gasteiger partial charge in [-0.3, -0.25) is 0 Å². The van der Waals surface area contributed by atoms with Crippen molar-refractivity contribution in [2.75, 3.05) is 0 Å². The molecule has 0 amide bonds. The van der Waals surface area contributed by atoms with Gasteiger partial charge in [-0.15, -0.1) is 5.10 Å². The zero-order valence-electron chi connectivity index (χ0n) is 9.35. The van der Waals surface area contributed by atoms with Crippen LogP contribution in [0.3, 0.4) is 0 Å². The summed E-state index contributed by atoms with van der Waals surface area (Å²) >= 11 is 0. The van der Waals surface area contributed by atoms with E-state index in [-0.39, 0.29) is 18.2 Å². The van der Waals surface area contributed by atoms with Gasteiger partial charge >= 0.3 is 0 Å². The lowest BCUT2D eigenvalue weighted by Crippen LogP contribution is -2.02. The molecule has 1 aromatic carbocycles. The Morgan fingerprint density at radius 3 is 2.94 bits per heavy atom. The number of hydrogen-bond acceptors (Lipinski definition) is 4. The summed E-state index contributed by atoms with van der Waals surface area (Å²) in [4.78, 5) is 0. The second kappa shape index (κ2) is 4.88. The molecule has 0 spiro atoms. The fraction of sp³-hybridized carbons (Fsp3) is 0.167. The molecule has 88 valence electrons. The maximum absolute atomic E-state index is 13.5. The van der Waals surface area contributed by atoms with Crippen molar-refractivity contribution < 1.29 is 9.13 Å². The minimum absolute atomic E-state index is 0.125. The molecule has 1 aromatic heterocycles. The monoisotopic (exact) mass is 233 g/mol. The van der Waals surface area contributed by atoms with Crippen molar-refractivity contribution in [1.29, 1.82) is 0 Å². The van der Waals surface area contributed by atoms with E-state index in [0.29, 0.717) is 5.56 Å². The molecule has 5 heteroatoms. The van der Waals surface area contributed by atoms with Crippen LogP contribution in [0.25, 0.3) is 0 Å². The van der Waals surface area contributed by atoms with E-state index in [2.05, 4.69) is 10.2 Å². The van der Waals surface area contributed by atoms with Crippen LogP contribution in [-0.2, 0) is 6.54 Å². The highest BCUT2D eigenvalue weighted by Crippen LogP contribution is 2.25. The van der Waals surface area contributed by atoms with E-state index in [9.17, 15) is 4.39 Å². The molecule has 0 unspecified atom stereocenters. The third kappa shape index (κ3) is 2.57. The van der Waals surface area contributed by atoms with Gasteiger partial charge in [0.15, 0.2) is 11.6 Å². The average molecular weight is 233 g/mol. The van der Waals surface area contributed by atoms with Crippen molar-refractivity contribution in [3.8, 4) is 11.6 Å². The average Bonchev–Trinajstić information content (AvgIpc) is 2.34. The molecule has 0 radical (unpaired) electrons. The maximum atomic E-state index is 13.5. The first kappa shape index (κ1) is 11.5. The third-order valence-corrected chi connectivity index (χ3v) is 2.28. The van der Waals surface area contributed by atoms with Crippen LogP contribution in [0.15, 0.2) is 30.5 Å². The Kier molecular flexibility index (Phi) is 3.30. The summed E-state index contributed by atoms with van der Waals surface area (Å²) in [7, 11) is 0. The summed E-state index contributed by atoms with van der Waals surface area (Å²) < 4.78 is 18.9. The standard InChI is InChI=1S/C12H12FN3O/c1-8-2-3-10(13)11(6-8)17-12-9(7-14)4-5-15-16-12/h2-6H,7,14H2,1H3. The number of rotatable bonds is 3. The number of nitrogens with zero attached hydrogens (tertiary/aromatic N) is 2. The molecule has 0 aliphatic carbocycles. The Labute approximate surface area is 98.2 Å². The Balaban J connectivity index is 2.34. The van der Waals surface area contributed by atoms with Gasteiger partial charge in [-0.05, 0) is 30.7 Å². The Morgan fingerprint density at radius 2 is 2.18 bits per heavy atom. The van der Waals surface area contributed by atoms with E-state index in [1.165, 1.54) is 12.3 Å². The SMILES string of the molecule is Cc1ccc(F)c(Oc2nnccc2CN)c1. The molecule has 2 aromatic rings. The van der Waals surface area contributed by atoms with Gasteiger partial charge in [0.25, 0.3) is 0 Å². The van der Waals surface area contributed by atoms with E-state index in [1.807, 2.05) is 6.92 Å². The smallest absolute Gasteiger partial charge is 0.243 e. The van der Waals surface area contributed by atoms with Crippen LogP contribution >= 0.6 is 0 Å². The van der Waals surface area contributed by atoms with Crippen LogP contribution in [0.4, 0.5) is 4.39 Å². The Hall–Kier alpha value is -2.01. The summed E-state index contributed by atoms with van der Waals surface area (Å²) in [5, 5.41) is 7.49. The van der Waals surface area contributed by atoms with Gasteiger partial charge in [0.05, 0.1) is 6.20 Å². The highest BCUT2D eigenvalue weighted by Gasteiger charge is 2.09. The normalized spacial score (nSPS) is 10.3. The molecule has 0 atom stereocenters. The summed E-state index contributed by atoms with van der Waals surface area (Å²) in [6, 6.07) is 6.31. The molecule has 0 bridgehead atoms. The number of nitrogens with two attached hydrogens (primary N) is 1. The van der Waals surface area contributed by atoms with Gasteiger partial charge < -0.3 is 10.5 Å². The summed E-state index contributed by atoms with van der Waals surface area (Å²) in [5.41, 5.74) is 7.11. The van der Waals surface area contributed by atoms with E-state index in [4.69, 9.17) is 10.5 Å². The van der Waals surface area contributed by atoms with E-state index < -0.39 is 5.82 Å². The number of ether oxygens (including phenoxy) is 1. The minimum Gasteiger partial charge on any atom is -0.434 e. The fourth-order valence-electron chi connectivity index (χ4n) is 1.38. The highest BCUT2D eigenvalue weighted by atomic mass is 19.1. The number of hydrogen-bond donors (Lipinski definition) is 1. The van der Waals surface area contributed by atoms with Gasteiger partial charge in [-0.25, -0.2) is 4.39 Å². The van der Waals surface area contributed by atoms with Gasteiger partial charge in [-0.1, -0.05) is 6.07 Å². The maximum Gasteiger partial charge on any atom is 0.243 e. The number of aryl methyl sites for hydroxylation is 1. The third-order valence-electron chi connectivity index (χ3n) is 2.28. The molecule has 2 rings (SSSR count). The zero-order chi connectivity index (χ0) is 12.3. The van der Waals surface area contributed by atoms with Crippen molar-refractivity contribution in [3.05, 3.63) is 47.4 Å². The van der Waals surface area contributed by atoms with Crippen molar-refractivity contribution in [1.82, 2.24) is 10.2 Å². The highest BCUT2D eigenvalue weighted by molar-refractivity contribution is 5.34. The molecule has 0 aliphatic rings. The first-order valence-corrected chi connectivity index (χ1v) is 5.15. The quantitative estimate of drug-likeness (QED) is 0.882. The second-order valence-electron chi connectivity index (χ2n) is 3.60. The van der Waals surface area contributed by atoms with Gasteiger partial charge in [0.2, 0.25) is 5.88 Å². The molecule has 0 saturated carbocycles. The van der Waals surface area contributed by atoms with Crippen molar-refractivity contribution in [2.24, 2.45) is 5.73 Å². The fourth-order valence-corrected chi connectivity index (χ4v) is 1.38. The van der Waals surface area contributed by atoms with Crippen molar-refractivity contribution in [2.45, 2.75) is 13.5 Å². The molecule has 0 aliphatic heterocycles. The van der Waals surface area contributed by atoms with E-state index in [1.54, 1.807) is 18.2 Å². The summed E-state index contributed by atoms with van der Waals surface area (Å²) in [5.74, 6) is -0.0797. The zero-order valence-corrected chi connectivity index (χ0v) is 9.35. The Morgan fingerprint density at radius 1 is 1.35 bits per heavy atom. The van der Waals surface area contributed by atoms with Crippen LogP contribution < -0.4 is 10.5 Å². The van der Waals surface area contributed by atoms with Gasteiger partial charge in [0, 0.05) is 12.1 Å². The number of halogens is 1. The van der Waals surface area contributed by atoms with Gasteiger partial charge in [-0.2, -0.15) is 5.10 Å². The lowest BCUT2D eigenvalue weighted by molar-refractivity contribution is 0.416. The molecule has 0 saturated heterocycles. The topological polar surface area (TPSA) is 61.0 Å². The molecule has 4 nitrogen and oxygen atoms in total. The van der Waals surface area contributed by atoms with Crippen molar-refractivity contribution in [3.63, 3.8) is 0 Å². The molecule has 0 fully saturated rings. The first-order chi connectivity index (χ1) is 8.20. The second-order valence-corrected chi connectivity index (χ2v) is 3.60. The van der Waals surface area contributed by atoms with Crippen LogP contribution in [0, 0.1) is 12.7 Å². The lowest BCUT2D eigenvalue weighted by atomic mass is 10.2. The van der Waals surface area contributed by atoms with Crippen LogP contribution in [0.1, 0.15) is 11.1 Å². The number of benzene rings is 1. The van der Waals surface area contributed by atoms with Crippen molar-refractivity contribution >= 4 is 0 Å². The van der Waals surface area contributed by atoms with Crippen LogP contribution in [0.2, 0.25) is 0 Å². The predicted molar refractivity (Wildman–Crippen MR) is 61.1 cm³/mol. The first-order valence-electron chi connectivity index (χ1n) is 5.15.